The number of hydrogen-bond acceptors (Lipinski definition) is 3. The number of aromatic nitrogens is 2. The molecule has 0 N–H and O–H groups in total. The largest absolute Gasteiger partial charge is 0.474 e. The van der Waals surface area contributed by atoms with Crippen molar-refractivity contribution in [1.82, 2.24) is 9.78 Å². The average Bonchev–Trinajstić information content (AvgIpc) is 2.59. The maximum absolute atomic E-state index is 6.17. The van der Waals surface area contributed by atoms with Gasteiger partial charge in [-0.05, 0) is 41.0 Å². The van der Waals surface area contributed by atoms with E-state index in [-0.39, 0.29) is 11.1 Å². The Bertz CT molecular complexity index is 421. The summed E-state index contributed by atoms with van der Waals surface area (Å²) >= 11 is 3.44. The predicted molar refractivity (Wildman–Crippen MR) is 88.8 cm³/mol. The van der Waals surface area contributed by atoms with Gasteiger partial charge >= 0.3 is 0 Å². The van der Waals surface area contributed by atoms with E-state index in [1.165, 1.54) is 0 Å². The lowest BCUT2D eigenvalue weighted by Crippen LogP contribution is -2.41. The molecule has 0 amide bonds. The van der Waals surface area contributed by atoms with Gasteiger partial charge in [0.1, 0.15) is 0 Å². The molecule has 0 bridgehead atoms. The quantitative estimate of drug-likeness (QED) is 0.705. The number of halogens is 1. The summed E-state index contributed by atoms with van der Waals surface area (Å²) < 4.78 is 14.7. The van der Waals surface area contributed by atoms with Crippen LogP contribution in [0.5, 0.6) is 5.88 Å². The monoisotopic (exact) mass is 362 g/mol. The predicted octanol–water partition coefficient (Wildman–Crippen LogP) is 4.36. The second-order valence-corrected chi connectivity index (χ2v) is 12.4. The van der Waals surface area contributed by atoms with Gasteiger partial charge in [0.15, 0.2) is 8.32 Å². The fourth-order valence-corrected chi connectivity index (χ4v) is 2.98. The lowest BCUT2D eigenvalue weighted by Gasteiger charge is -2.36. The highest BCUT2D eigenvalue weighted by atomic mass is 79.9. The van der Waals surface area contributed by atoms with Gasteiger partial charge in [0.2, 0.25) is 5.88 Å². The van der Waals surface area contributed by atoms with Crippen molar-refractivity contribution in [2.24, 2.45) is 7.05 Å². The fraction of sp³-hybridized carbons (Fsp3) is 0.786. The third-order valence-corrected chi connectivity index (χ3v) is 9.03. The summed E-state index contributed by atoms with van der Waals surface area (Å²) in [7, 11) is 0.219. The number of aryl methyl sites for hydroxylation is 1. The van der Waals surface area contributed by atoms with Crippen LogP contribution in [0.2, 0.25) is 18.1 Å². The summed E-state index contributed by atoms with van der Waals surface area (Å²) in [5.41, 5.74) is 0. The van der Waals surface area contributed by atoms with Crippen LogP contribution in [0.4, 0.5) is 0 Å². The minimum atomic E-state index is -1.65. The summed E-state index contributed by atoms with van der Waals surface area (Å²) in [6, 6.07) is 0. The molecule has 6 heteroatoms. The molecule has 0 radical (unpaired) electrons. The Kier molecular flexibility index (Phi) is 5.86. The highest BCUT2D eigenvalue weighted by molar-refractivity contribution is 9.10. The van der Waals surface area contributed by atoms with Gasteiger partial charge in [0, 0.05) is 20.1 Å². The average molecular weight is 363 g/mol. The number of hydrogen-bond donors (Lipinski definition) is 0. The molecule has 1 atom stereocenters. The summed E-state index contributed by atoms with van der Waals surface area (Å²) in [6.45, 7) is 14.1. The van der Waals surface area contributed by atoms with Gasteiger partial charge in [-0.15, -0.1) is 0 Å². The number of ether oxygens (including phenoxy) is 1. The van der Waals surface area contributed by atoms with Crippen molar-refractivity contribution in [3.05, 3.63) is 10.7 Å². The van der Waals surface area contributed by atoms with E-state index in [9.17, 15) is 0 Å². The molecule has 1 heterocycles. The first-order valence-corrected chi connectivity index (χ1v) is 10.7. The zero-order chi connectivity index (χ0) is 15.6. The van der Waals surface area contributed by atoms with Gasteiger partial charge in [-0.2, -0.15) is 5.10 Å². The molecule has 0 aliphatic carbocycles. The SMILES string of the molecule is CC(CCO[Si](C)(C)C(C)(C)C)Oc1c(Br)cnn1C. The molecule has 0 saturated heterocycles. The van der Waals surface area contributed by atoms with E-state index in [4.69, 9.17) is 9.16 Å². The van der Waals surface area contributed by atoms with Crippen LogP contribution >= 0.6 is 15.9 Å². The lowest BCUT2D eigenvalue weighted by atomic mass is 10.2. The topological polar surface area (TPSA) is 36.3 Å². The second-order valence-electron chi connectivity index (χ2n) is 6.75. The first-order chi connectivity index (χ1) is 9.04. The van der Waals surface area contributed by atoms with Gasteiger partial charge in [-0.25, -0.2) is 4.68 Å². The fourth-order valence-electron chi connectivity index (χ4n) is 1.48. The maximum Gasteiger partial charge on any atom is 0.226 e. The molecule has 0 saturated carbocycles. The van der Waals surface area contributed by atoms with E-state index in [2.05, 4.69) is 61.8 Å². The maximum atomic E-state index is 6.17. The number of nitrogens with zero attached hydrogens (tertiary/aromatic N) is 2. The number of rotatable bonds is 6. The second kappa shape index (κ2) is 6.62. The van der Waals surface area contributed by atoms with Crippen LogP contribution in [0.15, 0.2) is 10.7 Å². The van der Waals surface area contributed by atoms with E-state index in [0.29, 0.717) is 0 Å². The van der Waals surface area contributed by atoms with Gasteiger partial charge in [0.05, 0.1) is 16.8 Å². The zero-order valence-electron chi connectivity index (χ0n) is 13.7. The van der Waals surface area contributed by atoms with Crippen molar-refractivity contribution < 1.29 is 9.16 Å². The molecule has 20 heavy (non-hydrogen) atoms. The minimum absolute atomic E-state index is 0.103. The molecule has 0 spiro atoms. The normalized spacial score (nSPS) is 14.4. The standard InChI is InChI=1S/C14H27BrN2O2Si/c1-11(19-13-12(15)10-16-17(13)5)8-9-18-20(6,7)14(2,3)4/h10-11H,8-9H2,1-7H3. The molecule has 4 nitrogen and oxygen atoms in total. The van der Waals surface area contributed by atoms with Crippen LogP contribution in [0, 0.1) is 0 Å². The van der Waals surface area contributed by atoms with E-state index in [1.807, 2.05) is 7.05 Å². The van der Waals surface area contributed by atoms with E-state index in [1.54, 1.807) is 10.9 Å². The van der Waals surface area contributed by atoms with Gasteiger partial charge in [-0.1, -0.05) is 20.8 Å². The Hall–Kier alpha value is -0.333. The molecule has 0 fully saturated rings. The first-order valence-electron chi connectivity index (χ1n) is 7.02. The highest BCUT2D eigenvalue weighted by Crippen LogP contribution is 2.36. The molecule has 0 aliphatic rings. The van der Waals surface area contributed by atoms with Crippen molar-refractivity contribution >= 4 is 24.2 Å². The molecule has 0 aliphatic heterocycles. The third kappa shape index (κ3) is 4.60. The zero-order valence-corrected chi connectivity index (χ0v) is 16.2. The van der Waals surface area contributed by atoms with Crippen LogP contribution < -0.4 is 4.74 Å². The van der Waals surface area contributed by atoms with Crippen LogP contribution in [0.3, 0.4) is 0 Å². The Morgan fingerprint density at radius 3 is 2.45 bits per heavy atom. The smallest absolute Gasteiger partial charge is 0.226 e. The van der Waals surface area contributed by atoms with Crippen LogP contribution in [0.1, 0.15) is 34.1 Å². The van der Waals surface area contributed by atoms with Crippen LogP contribution in [0.25, 0.3) is 0 Å². The molecule has 1 rings (SSSR count). The highest BCUT2D eigenvalue weighted by Gasteiger charge is 2.36. The van der Waals surface area contributed by atoms with Crippen molar-refractivity contribution in [1.29, 1.82) is 0 Å². The van der Waals surface area contributed by atoms with Crippen LogP contribution in [-0.4, -0.2) is 30.8 Å². The summed E-state index contributed by atoms with van der Waals surface area (Å²) in [5, 5.41) is 4.39. The summed E-state index contributed by atoms with van der Waals surface area (Å²) in [4.78, 5) is 0. The van der Waals surface area contributed by atoms with Crippen molar-refractivity contribution in [2.45, 2.75) is 58.4 Å². The van der Waals surface area contributed by atoms with E-state index >= 15 is 0 Å². The van der Waals surface area contributed by atoms with E-state index in [0.717, 1.165) is 23.4 Å². The van der Waals surface area contributed by atoms with Gasteiger partial charge in [-0.3, -0.25) is 0 Å². The van der Waals surface area contributed by atoms with Crippen molar-refractivity contribution in [2.75, 3.05) is 6.61 Å². The van der Waals surface area contributed by atoms with E-state index < -0.39 is 8.32 Å². The van der Waals surface area contributed by atoms with Crippen LogP contribution in [-0.2, 0) is 11.5 Å². The Morgan fingerprint density at radius 2 is 2.00 bits per heavy atom. The third-order valence-electron chi connectivity index (χ3n) is 3.95. The molecule has 0 aromatic carbocycles. The Labute approximate surface area is 132 Å². The summed E-state index contributed by atoms with van der Waals surface area (Å²) in [5.74, 6) is 0.768. The first kappa shape index (κ1) is 17.7. The van der Waals surface area contributed by atoms with Crippen molar-refractivity contribution in [3.8, 4) is 5.88 Å². The molecular formula is C14H27BrN2O2Si. The molecule has 1 aromatic heterocycles. The van der Waals surface area contributed by atoms with Gasteiger partial charge in [0.25, 0.3) is 0 Å². The molecular weight excluding hydrogens is 336 g/mol. The molecule has 116 valence electrons. The summed E-state index contributed by atoms with van der Waals surface area (Å²) in [6.07, 6.45) is 2.73. The minimum Gasteiger partial charge on any atom is -0.474 e. The van der Waals surface area contributed by atoms with Gasteiger partial charge < -0.3 is 9.16 Å². The molecule has 1 unspecified atom stereocenters. The molecule has 1 aromatic rings. The Balaban J connectivity index is 2.43. The van der Waals surface area contributed by atoms with Crippen molar-refractivity contribution in [3.63, 3.8) is 0 Å². The lowest BCUT2D eigenvalue weighted by molar-refractivity contribution is 0.158. The Morgan fingerprint density at radius 1 is 1.40 bits per heavy atom.